The van der Waals surface area contributed by atoms with Crippen molar-refractivity contribution in [2.75, 3.05) is 23.2 Å². The zero-order chi connectivity index (χ0) is 21.3. The summed E-state index contributed by atoms with van der Waals surface area (Å²) in [6.45, 7) is 2.89. The molecule has 0 fully saturated rings. The number of carbonyl (C=O) groups excluding carboxylic acids is 3. The zero-order valence-corrected chi connectivity index (χ0v) is 17.3. The first kappa shape index (κ1) is 20.8. The van der Waals surface area contributed by atoms with Crippen molar-refractivity contribution >= 4 is 33.2 Å². The van der Waals surface area contributed by atoms with Crippen molar-refractivity contribution in [2.45, 2.75) is 20.3 Å². The molecular formula is C20H22N2O6S. The van der Waals surface area contributed by atoms with Crippen LogP contribution in [0.4, 0.5) is 5.69 Å². The number of ketones is 2. The van der Waals surface area contributed by atoms with E-state index in [0.717, 1.165) is 5.56 Å². The Morgan fingerprint density at radius 2 is 1.86 bits per heavy atom. The largest absolute Gasteiger partial charge is 0.453 e. The lowest BCUT2D eigenvalue weighted by molar-refractivity contribution is 0.0465. The first-order valence-corrected chi connectivity index (χ1v) is 10.8. The number of aromatic nitrogens is 1. The van der Waals surface area contributed by atoms with E-state index in [0.29, 0.717) is 29.8 Å². The molecule has 0 N–H and O–H groups in total. The third-order valence-electron chi connectivity index (χ3n) is 4.91. The predicted octanol–water partition coefficient (Wildman–Crippen LogP) is 1.98. The Hall–Kier alpha value is -2.94. The van der Waals surface area contributed by atoms with E-state index in [4.69, 9.17) is 4.74 Å². The highest BCUT2D eigenvalue weighted by atomic mass is 32.2. The number of esters is 1. The van der Waals surface area contributed by atoms with Gasteiger partial charge in [0.15, 0.2) is 18.2 Å². The first-order valence-electron chi connectivity index (χ1n) is 9.15. The van der Waals surface area contributed by atoms with Crippen molar-refractivity contribution < 1.29 is 27.5 Å². The molecule has 2 heterocycles. The number of hydrogen-bond donors (Lipinski definition) is 0. The van der Waals surface area contributed by atoms with Crippen molar-refractivity contribution in [1.82, 2.24) is 4.57 Å². The van der Waals surface area contributed by atoms with Crippen LogP contribution in [0, 0.1) is 0 Å². The highest BCUT2D eigenvalue weighted by Crippen LogP contribution is 2.31. The highest BCUT2D eigenvalue weighted by Gasteiger charge is 2.28. The monoisotopic (exact) mass is 418 g/mol. The van der Waals surface area contributed by atoms with Gasteiger partial charge < -0.3 is 9.30 Å². The zero-order valence-electron chi connectivity index (χ0n) is 16.5. The number of anilines is 1. The van der Waals surface area contributed by atoms with Gasteiger partial charge in [-0.3, -0.25) is 13.9 Å². The number of carbonyl (C=O) groups is 3. The summed E-state index contributed by atoms with van der Waals surface area (Å²) in [5, 5.41) is 0. The molecule has 0 saturated carbocycles. The summed E-state index contributed by atoms with van der Waals surface area (Å²) < 4.78 is 32.2. The number of fused-ring (bicyclic) bond motifs is 1. The van der Waals surface area contributed by atoms with E-state index in [2.05, 4.69) is 0 Å². The Morgan fingerprint density at radius 1 is 1.14 bits per heavy atom. The lowest BCUT2D eigenvalue weighted by Gasteiger charge is -2.18. The molecule has 0 radical (unpaired) electrons. The predicted molar refractivity (Wildman–Crippen MR) is 107 cm³/mol. The molecule has 29 heavy (non-hydrogen) atoms. The van der Waals surface area contributed by atoms with Gasteiger partial charge in [0.05, 0.1) is 11.4 Å². The van der Waals surface area contributed by atoms with Crippen molar-refractivity contribution in [1.29, 1.82) is 0 Å². The molecule has 0 spiro atoms. The van der Waals surface area contributed by atoms with Gasteiger partial charge in [-0.05, 0) is 50.1 Å². The molecule has 0 bridgehead atoms. The van der Waals surface area contributed by atoms with E-state index in [1.807, 2.05) is 0 Å². The molecule has 0 atom stereocenters. The minimum atomic E-state index is -3.35. The van der Waals surface area contributed by atoms with Crippen LogP contribution in [0.1, 0.15) is 50.6 Å². The van der Waals surface area contributed by atoms with E-state index in [1.54, 1.807) is 26.1 Å². The standard InChI is InChI=1S/C20H22N2O6S/c1-4-29(26,27)22-8-7-14-9-15(5-6-17(14)22)19(24)12-28-20(25)18-10-16(13(2)23)11-21(18)3/h5-6,9-11H,4,7-8,12H2,1-3H3. The Labute approximate surface area is 169 Å². The molecule has 0 unspecified atom stereocenters. The lowest BCUT2D eigenvalue weighted by atomic mass is 10.1. The molecule has 3 rings (SSSR count). The Kier molecular flexibility index (Phi) is 5.61. The molecule has 0 aliphatic carbocycles. The maximum Gasteiger partial charge on any atom is 0.355 e. The van der Waals surface area contributed by atoms with Crippen LogP contribution in [-0.2, 0) is 28.2 Å². The summed E-state index contributed by atoms with van der Waals surface area (Å²) >= 11 is 0. The van der Waals surface area contributed by atoms with Gasteiger partial charge in [0.25, 0.3) is 0 Å². The van der Waals surface area contributed by atoms with Gasteiger partial charge in [-0.25, -0.2) is 13.2 Å². The summed E-state index contributed by atoms with van der Waals surface area (Å²) in [7, 11) is -1.74. The summed E-state index contributed by atoms with van der Waals surface area (Å²) in [5.74, 6) is -1.25. The maximum atomic E-state index is 12.4. The number of aryl methyl sites for hydroxylation is 1. The quantitative estimate of drug-likeness (QED) is 0.503. The van der Waals surface area contributed by atoms with Crippen molar-refractivity contribution in [3.8, 4) is 0 Å². The fourth-order valence-electron chi connectivity index (χ4n) is 3.24. The lowest BCUT2D eigenvalue weighted by Crippen LogP contribution is -2.30. The maximum absolute atomic E-state index is 12.4. The number of ether oxygens (including phenoxy) is 1. The number of nitrogens with zero attached hydrogens (tertiary/aromatic N) is 2. The number of hydrogen-bond acceptors (Lipinski definition) is 6. The topological polar surface area (TPSA) is 103 Å². The summed E-state index contributed by atoms with van der Waals surface area (Å²) in [5.41, 5.74) is 2.27. The average molecular weight is 418 g/mol. The second-order valence-corrected chi connectivity index (χ2v) is 9.03. The van der Waals surface area contributed by atoms with Gasteiger partial charge >= 0.3 is 5.97 Å². The minimum absolute atomic E-state index is 0.00751. The van der Waals surface area contributed by atoms with E-state index in [-0.39, 0.29) is 23.0 Å². The number of benzene rings is 1. The molecule has 2 aromatic rings. The van der Waals surface area contributed by atoms with E-state index in [1.165, 1.54) is 34.1 Å². The summed E-state index contributed by atoms with van der Waals surface area (Å²) in [6.07, 6.45) is 2.05. The second kappa shape index (κ2) is 7.82. The third-order valence-corrected chi connectivity index (χ3v) is 6.69. The van der Waals surface area contributed by atoms with Crippen LogP contribution in [0.5, 0.6) is 0 Å². The Balaban J connectivity index is 1.69. The Morgan fingerprint density at radius 3 is 2.48 bits per heavy atom. The van der Waals surface area contributed by atoms with Gasteiger partial charge in [-0.15, -0.1) is 0 Å². The van der Waals surface area contributed by atoms with Crippen molar-refractivity contribution in [2.24, 2.45) is 7.05 Å². The van der Waals surface area contributed by atoms with Crippen molar-refractivity contribution in [3.05, 3.63) is 52.8 Å². The smallest absolute Gasteiger partial charge is 0.355 e. The van der Waals surface area contributed by atoms with E-state index in [9.17, 15) is 22.8 Å². The first-order chi connectivity index (χ1) is 13.6. The molecule has 8 nitrogen and oxygen atoms in total. The molecule has 9 heteroatoms. The molecular weight excluding hydrogens is 396 g/mol. The molecule has 1 aromatic heterocycles. The fraction of sp³-hybridized carbons (Fsp3) is 0.350. The van der Waals surface area contributed by atoms with Crippen LogP contribution >= 0.6 is 0 Å². The second-order valence-electron chi connectivity index (χ2n) is 6.85. The van der Waals surface area contributed by atoms with Crippen LogP contribution < -0.4 is 4.31 Å². The summed E-state index contributed by atoms with van der Waals surface area (Å²) in [4.78, 5) is 36.1. The number of sulfonamides is 1. The van der Waals surface area contributed by atoms with Crippen LogP contribution in [0.25, 0.3) is 0 Å². The molecule has 1 aromatic carbocycles. The van der Waals surface area contributed by atoms with Gasteiger partial charge in [0, 0.05) is 30.9 Å². The van der Waals surface area contributed by atoms with Gasteiger partial charge in [0.2, 0.25) is 10.0 Å². The normalized spacial score (nSPS) is 13.3. The third kappa shape index (κ3) is 4.09. The molecule has 1 aliphatic heterocycles. The van der Waals surface area contributed by atoms with Crippen LogP contribution in [0.2, 0.25) is 0 Å². The van der Waals surface area contributed by atoms with Gasteiger partial charge in [-0.1, -0.05) is 0 Å². The SMILES string of the molecule is CCS(=O)(=O)N1CCc2cc(C(=O)COC(=O)c3cc(C(C)=O)cn3C)ccc21. The summed E-state index contributed by atoms with van der Waals surface area (Å²) in [6, 6.07) is 6.22. The number of rotatable bonds is 7. The minimum Gasteiger partial charge on any atom is -0.453 e. The molecule has 1 aliphatic rings. The van der Waals surface area contributed by atoms with Crippen molar-refractivity contribution in [3.63, 3.8) is 0 Å². The van der Waals surface area contributed by atoms with Crippen LogP contribution in [0.3, 0.4) is 0 Å². The fourth-order valence-corrected chi connectivity index (χ4v) is 4.40. The van der Waals surface area contributed by atoms with Crippen LogP contribution in [0.15, 0.2) is 30.5 Å². The van der Waals surface area contributed by atoms with Gasteiger partial charge in [0.1, 0.15) is 5.69 Å². The highest BCUT2D eigenvalue weighted by molar-refractivity contribution is 7.92. The Bertz CT molecular complexity index is 1100. The number of Topliss-reactive ketones (excluding diaryl/α,β-unsaturated/α-hetero) is 2. The van der Waals surface area contributed by atoms with E-state index >= 15 is 0 Å². The molecule has 0 amide bonds. The van der Waals surface area contributed by atoms with E-state index < -0.39 is 22.6 Å². The molecule has 0 saturated heterocycles. The molecule has 154 valence electrons. The average Bonchev–Trinajstić information content (AvgIpc) is 3.29. The van der Waals surface area contributed by atoms with Crippen LogP contribution in [-0.4, -0.2) is 49.4 Å². The van der Waals surface area contributed by atoms with Gasteiger partial charge in [-0.2, -0.15) is 0 Å².